The van der Waals surface area contributed by atoms with Crippen LogP contribution < -0.4 is 0 Å². The molecule has 0 spiro atoms. The van der Waals surface area contributed by atoms with Crippen molar-refractivity contribution in [2.45, 2.75) is 51.9 Å². The Morgan fingerprint density at radius 3 is 2.65 bits per heavy atom. The molecule has 1 fully saturated rings. The molecule has 0 aromatic heterocycles. The lowest BCUT2D eigenvalue weighted by molar-refractivity contribution is -0.138. The molecule has 4 nitrogen and oxygen atoms in total. The highest BCUT2D eigenvalue weighted by Crippen LogP contribution is 2.20. The van der Waals surface area contributed by atoms with Crippen molar-refractivity contribution >= 4 is 11.9 Å². The van der Waals surface area contributed by atoms with Crippen molar-refractivity contribution in [1.29, 1.82) is 0 Å². The Kier molecular flexibility index (Phi) is 6.01. The molecule has 1 heterocycles. The van der Waals surface area contributed by atoms with E-state index in [1.165, 1.54) is 6.42 Å². The number of aliphatic carboxylic acids is 1. The lowest BCUT2D eigenvalue weighted by atomic mass is 9.95. The molecule has 1 aliphatic heterocycles. The first kappa shape index (κ1) is 14.0. The van der Waals surface area contributed by atoms with Crippen LogP contribution >= 0.6 is 0 Å². The van der Waals surface area contributed by atoms with E-state index in [1.54, 1.807) is 0 Å². The third-order valence-electron chi connectivity index (χ3n) is 3.48. The minimum absolute atomic E-state index is 0.171. The monoisotopic (exact) mass is 241 g/mol. The predicted octanol–water partition coefficient (Wildman–Crippen LogP) is 2.28. The van der Waals surface area contributed by atoms with Gasteiger partial charge in [0.05, 0.1) is 0 Å². The van der Waals surface area contributed by atoms with Gasteiger partial charge in [-0.3, -0.25) is 9.59 Å². The van der Waals surface area contributed by atoms with E-state index in [2.05, 4.69) is 6.92 Å². The van der Waals surface area contributed by atoms with Crippen molar-refractivity contribution in [1.82, 2.24) is 4.90 Å². The molecule has 1 amide bonds. The minimum Gasteiger partial charge on any atom is -0.481 e. The summed E-state index contributed by atoms with van der Waals surface area (Å²) in [5, 5.41) is 8.50. The van der Waals surface area contributed by atoms with Crippen molar-refractivity contribution in [3.63, 3.8) is 0 Å². The summed E-state index contributed by atoms with van der Waals surface area (Å²) in [6.07, 6.45) is 5.46. The quantitative estimate of drug-likeness (QED) is 0.726. The summed E-state index contributed by atoms with van der Waals surface area (Å²) in [5.74, 6) is 0.0849. The van der Waals surface area contributed by atoms with Crippen molar-refractivity contribution < 1.29 is 14.7 Å². The first-order chi connectivity index (χ1) is 8.13. The van der Waals surface area contributed by atoms with E-state index in [1.807, 2.05) is 4.90 Å². The van der Waals surface area contributed by atoms with Gasteiger partial charge >= 0.3 is 5.97 Å². The van der Waals surface area contributed by atoms with E-state index >= 15 is 0 Å². The molecular weight excluding hydrogens is 218 g/mol. The van der Waals surface area contributed by atoms with Gasteiger partial charge in [0.25, 0.3) is 0 Å². The molecule has 1 N–H and O–H groups in total. The van der Waals surface area contributed by atoms with E-state index in [4.69, 9.17) is 5.11 Å². The van der Waals surface area contributed by atoms with Gasteiger partial charge in [0, 0.05) is 25.9 Å². The third-order valence-corrected chi connectivity index (χ3v) is 3.48. The van der Waals surface area contributed by atoms with E-state index < -0.39 is 5.97 Å². The maximum absolute atomic E-state index is 11.9. The maximum Gasteiger partial charge on any atom is 0.303 e. The smallest absolute Gasteiger partial charge is 0.303 e. The highest BCUT2D eigenvalue weighted by molar-refractivity contribution is 5.76. The molecule has 17 heavy (non-hydrogen) atoms. The average molecular weight is 241 g/mol. The number of likely N-dealkylation sites (tertiary alicyclic amines) is 1. The second kappa shape index (κ2) is 7.30. The Bertz CT molecular complexity index is 265. The van der Waals surface area contributed by atoms with E-state index in [9.17, 15) is 9.59 Å². The summed E-state index contributed by atoms with van der Waals surface area (Å²) in [7, 11) is 0. The summed E-state index contributed by atoms with van der Waals surface area (Å²) >= 11 is 0. The fourth-order valence-corrected chi connectivity index (χ4v) is 2.34. The molecule has 4 heteroatoms. The molecule has 1 aliphatic rings. The Hall–Kier alpha value is -1.06. The number of carbonyl (C=O) groups is 2. The summed E-state index contributed by atoms with van der Waals surface area (Å²) in [6.45, 7) is 3.95. The largest absolute Gasteiger partial charge is 0.481 e. The van der Waals surface area contributed by atoms with Gasteiger partial charge in [-0.05, 0) is 31.6 Å². The van der Waals surface area contributed by atoms with Crippen LogP contribution in [0.2, 0.25) is 0 Å². The number of hydrogen-bond donors (Lipinski definition) is 1. The number of nitrogens with zero attached hydrogens (tertiary/aromatic N) is 1. The molecule has 1 saturated heterocycles. The molecule has 0 aromatic rings. The van der Waals surface area contributed by atoms with Gasteiger partial charge in [0.1, 0.15) is 0 Å². The summed E-state index contributed by atoms with van der Waals surface area (Å²) in [4.78, 5) is 24.2. The molecule has 1 unspecified atom stereocenters. The van der Waals surface area contributed by atoms with Gasteiger partial charge in [-0.1, -0.05) is 13.3 Å². The number of amides is 1. The second-order valence-corrected chi connectivity index (χ2v) is 4.86. The Labute approximate surface area is 103 Å². The maximum atomic E-state index is 11.9. The van der Waals surface area contributed by atoms with Gasteiger partial charge in [0.2, 0.25) is 5.91 Å². The van der Waals surface area contributed by atoms with Gasteiger partial charge in [-0.15, -0.1) is 0 Å². The molecule has 0 radical (unpaired) electrons. The van der Waals surface area contributed by atoms with Gasteiger partial charge in [-0.2, -0.15) is 0 Å². The van der Waals surface area contributed by atoms with Crippen LogP contribution in [0.4, 0.5) is 0 Å². The average Bonchev–Trinajstić information content (AvgIpc) is 2.34. The number of hydrogen-bond acceptors (Lipinski definition) is 2. The molecular formula is C13H23NO3. The SMILES string of the molecule is CCC1CCCN(C(=O)CCCCC(=O)O)C1. The molecule has 0 bridgehead atoms. The van der Waals surface area contributed by atoms with Crippen LogP contribution in [0.25, 0.3) is 0 Å². The van der Waals surface area contributed by atoms with Crippen LogP contribution in [0, 0.1) is 5.92 Å². The number of rotatable bonds is 6. The zero-order valence-electron chi connectivity index (χ0n) is 10.7. The topological polar surface area (TPSA) is 57.6 Å². The van der Waals surface area contributed by atoms with E-state index in [0.29, 0.717) is 25.2 Å². The van der Waals surface area contributed by atoms with Crippen LogP contribution in [-0.4, -0.2) is 35.0 Å². The Balaban J connectivity index is 2.20. The van der Waals surface area contributed by atoms with Crippen molar-refractivity contribution in [3.8, 4) is 0 Å². The minimum atomic E-state index is -0.776. The van der Waals surface area contributed by atoms with Crippen molar-refractivity contribution in [3.05, 3.63) is 0 Å². The second-order valence-electron chi connectivity index (χ2n) is 4.86. The number of unbranched alkanes of at least 4 members (excludes halogenated alkanes) is 1. The van der Waals surface area contributed by atoms with Crippen molar-refractivity contribution in [2.75, 3.05) is 13.1 Å². The third kappa shape index (κ3) is 5.20. The molecule has 1 rings (SSSR count). The first-order valence-electron chi connectivity index (χ1n) is 6.63. The van der Waals surface area contributed by atoms with Gasteiger partial charge in [-0.25, -0.2) is 0 Å². The first-order valence-corrected chi connectivity index (χ1v) is 6.63. The number of carboxylic acid groups (broad SMARTS) is 1. The van der Waals surface area contributed by atoms with Gasteiger partial charge < -0.3 is 10.0 Å². The summed E-state index contributed by atoms with van der Waals surface area (Å²) in [6, 6.07) is 0. The molecule has 0 aromatic carbocycles. The van der Waals surface area contributed by atoms with Crippen LogP contribution in [0.5, 0.6) is 0 Å². The normalized spacial score (nSPS) is 20.3. The Morgan fingerprint density at radius 2 is 2.00 bits per heavy atom. The zero-order valence-corrected chi connectivity index (χ0v) is 10.7. The van der Waals surface area contributed by atoms with E-state index in [0.717, 1.165) is 25.9 Å². The van der Waals surface area contributed by atoms with E-state index in [-0.39, 0.29) is 12.3 Å². The van der Waals surface area contributed by atoms with Crippen LogP contribution in [0.15, 0.2) is 0 Å². The standard InChI is InChI=1S/C13H23NO3/c1-2-11-6-5-9-14(10-11)12(15)7-3-4-8-13(16)17/h11H,2-10H2,1H3,(H,16,17). The lowest BCUT2D eigenvalue weighted by Gasteiger charge is -2.32. The number of carboxylic acids is 1. The zero-order chi connectivity index (χ0) is 12.7. The number of piperidine rings is 1. The highest BCUT2D eigenvalue weighted by atomic mass is 16.4. The molecule has 1 atom stereocenters. The predicted molar refractivity (Wildman–Crippen MR) is 65.7 cm³/mol. The van der Waals surface area contributed by atoms with Gasteiger partial charge in [0.15, 0.2) is 0 Å². The fraction of sp³-hybridized carbons (Fsp3) is 0.846. The Morgan fingerprint density at radius 1 is 1.29 bits per heavy atom. The molecule has 98 valence electrons. The van der Waals surface area contributed by atoms with Crippen LogP contribution in [0.3, 0.4) is 0 Å². The van der Waals surface area contributed by atoms with Crippen molar-refractivity contribution in [2.24, 2.45) is 5.92 Å². The number of carbonyl (C=O) groups excluding carboxylic acids is 1. The molecule has 0 saturated carbocycles. The summed E-state index contributed by atoms with van der Waals surface area (Å²) in [5.41, 5.74) is 0. The highest BCUT2D eigenvalue weighted by Gasteiger charge is 2.21. The lowest BCUT2D eigenvalue weighted by Crippen LogP contribution is -2.39. The summed E-state index contributed by atoms with van der Waals surface area (Å²) < 4.78 is 0. The molecule has 0 aliphatic carbocycles. The van der Waals surface area contributed by atoms with Crippen LogP contribution in [-0.2, 0) is 9.59 Å². The fourth-order valence-electron chi connectivity index (χ4n) is 2.34. The van der Waals surface area contributed by atoms with Crippen LogP contribution in [0.1, 0.15) is 51.9 Å².